The van der Waals surface area contributed by atoms with Gasteiger partial charge in [0.2, 0.25) is 0 Å². The predicted molar refractivity (Wildman–Crippen MR) is 31.3 cm³/mol. The molecule has 0 aromatic rings. The smallest absolute Gasteiger partial charge is 0.328 e. The highest BCUT2D eigenvalue weighted by atomic mass is 16.7. The number of nitriles is 1. The number of amides is 2. The van der Waals surface area contributed by atoms with Gasteiger partial charge in [0.05, 0.1) is 0 Å². The maximum Gasteiger partial charge on any atom is 0.328 e. The van der Waals surface area contributed by atoms with Gasteiger partial charge in [0.1, 0.15) is 6.54 Å². The molecule has 7 heteroatoms. The number of nitrogens with two attached hydrogens (primary N) is 1. The summed E-state index contributed by atoms with van der Waals surface area (Å²) >= 11 is 0. The van der Waals surface area contributed by atoms with Crippen molar-refractivity contribution in [3.05, 3.63) is 0 Å². The first-order valence-electron chi connectivity index (χ1n) is 2.50. The fourth-order valence-electron chi connectivity index (χ4n) is 0.375. The summed E-state index contributed by atoms with van der Waals surface area (Å²) in [5, 5.41) is 32.9. The predicted octanol–water partition coefficient (Wildman–Crippen LogP) is -2.52. The number of aliphatic hydroxyl groups is 3. The zero-order valence-electron chi connectivity index (χ0n) is 5.43. The van der Waals surface area contributed by atoms with E-state index >= 15 is 0 Å². The van der Waals surface area contributed by atoms with Gasteiger partial charge >= 0.3 is 6.03 Å². The summed E-state index contributed by atoms with van der Waals surface area (Å²) in [6, 6.07) is -1.17. The third-order valence-corrected chi connectivity index (χ3v) is 0.757. The summed E-state index contributed by atoms with van der Waals surface area (Å²) in [7, 11) is 0. The topological polar surface area (TPSA) is 131 Å². The van der Waals surface area contributed by atoms with Crippen LogP contribution in [0.4, 0.5) is 4.79 Å². The van der Waals surface area contributed by atoms with E-state index in [9.17, 15) is 4.79 Å². The zero-order chi connectivity index (χ0) is 9.07. The molecule has 0 aliphatic carbocycles. The molecule has 62 valence electrons. The molecule has 0 bridgehead atoms. The second-order valence-corrected chi connectivity index (χ2v) is 1.80. The minimum absolute atomic E-state index is 0.194. The highest BCUT2D eigenvalue weighted by Gasteiger charge is 2.24. The third-order valence-electron chi connectivity index (χ3n) is 0.757. The highest BCUT2D eigenvalue weighted by Crippen LogP contribution is 1.96. The summed E-state index contributed by atoms with van der Waals surface area (Å²) in [5.41, 5.74) is 4.59. The van der Waals surface area contributed by atoms with E-state index in [0.717, 1.165) is 0 Å². The average molecular weight is 161 g/mol. The van der Waals surface area contributed by atoms with Crippen molar-refractivity contribution in [2.45, 2.75) is 5.97 Å². The summed E-state index contributed by atoms with van der Waals surface area (Å²) in [5.74, 6) is -3.09. The van der Waals surface area contributed by atoms with Crippen LogP contribution in [0.25, 0.3) is 0 Å². The Kier molecular flexibility index (Phi) is 2.77. The van der Waals surface area contributed by atoms with E-state index < -0.39 is 18.5 Å². The number of primary amides is 1. The Labute approximate surface area is 61.9 Å². The molecule has 0 saturated heterocycles. The van der Waals surface area contributed by atoms with Gasteiger partial charge in [0.15, 0.2) is 6.19 Å². The lowest BCUT2D eigenvalue weighted by Gasteiger charge is -2.18. The van der Waals surface area contributed by atoms with E-state index in [4.69, 9.17) is 20.6 Å². The molecule has 0 unspecified atom stereocenters. The van der Waals surface area contributed by atoms with Crippen LogP contribution in [0, 0.1) is 11.5 Å². The molecule has 0 aromatic carbocycles. The quantitative estimate of drug-likeness (QED) is 0.201. The van der Waals surface area contributed by atoms with Gasteiger partial charge in [-0.1, -0.05) is 0 Å². The fraction of sp³-hybridized carbons (Fsp3) is 0.500. The van der Waals surface area contributed by atoms with Crippen molar-refractivity contribution in [2.75, 3.05) is 6.54 Å². The molecule has 0 atom stereocenters. The average Bonchev–Trinajstić information content (AvgIpc) is 1.80. The molecular formula is C4H7N3O4. The zero-order valence-corrected chi connectivity index (χ0v) is 5.43. The van der Waals surface area contributed by atoms with Gasteiger partial charge in [-0.3, -0.25) is 0 Å². The van der Waals surface area contributed by atoms with Gasteiger partial charge in [-0.25, -0.2) is 9.69 Å². The number of urea groups is 1. The van der Waals surface area contributed by atoms with Crippen LogP contribution < -0.4 is 5.73 Å². The van der Waals surface area contributed by atoms with Crippen LogP contribution in [0.5, 0.6) is 0 Å². The Hall–Kier alpha value is -1.36. The minimum Gasteiger partial charge on any atom is -0.351 e. The molecule has 0 aromatic heterocycles. The van der Waals surface area contributed by atoms with Gasteiger partial charge in [-0.2, -0.15) is 5.26 Å². The lowest BCUT2D eigenvalue weighted by atomic mass is 10.5. The molecule has 0 aliphatic heterocycles. The normalized spacial score (nSPS) is 10.4. The maximum absolute atomic E-state index is 10.2. The minimum atomic E-state index is -3.09. The van der Waals surface area contributed by atoms with E-state index in [1.165, 1.54) is 6.19 Å². The Balaban J connectivity index is 4.13. The molecule has 0 aliphatic rings. The van der Waals surface area contributed by atoms with Crippen LogP contribution in [0.15, 0.2) is 0 Å². The number of nitrogens with zero attached hydrogens (tertiary/aromatic N) is 2. The molecule has 11 heavy (non-hydrogen) atoms. The van der Waals surface area contributed by atoms with Gasteiger partial charge in [0.25, 0.3) is 5.97 Å². The molecule has 7 nitrogen and oxygen atoms in total. The van der Waals surface area contributed by atoms with Crippen molar-refractivity contribution < 1.29 is 20.1 Å². The number of carbonyl (C=O) groups is 1. The molecule has 5 N–H and O–H groups in total. The molecular weight excluding hydrogens is 154 g/mol. The van der Waals surface area contributed by atoms with Crippen molar-refractivity contribution >= 4 is 6.03 Å². The monoisotopic (exact) mass is 161 g/mol. The SMILES string of the molecule is N#CN(CC(O)(O)O)C(N)=O. The van der Waals surface area contributed by atoms with E-state index in [0.29, 0.717) is 0 Å². The van der Waals surface area contributed by atoms with E-state index in [-0.39, 0.29) is 4.90 Å². The first-order valence-corrected chi connectivity index (χ1v) is 2.50. The number of rotatable bonds is 2. The van der Waals surface area contributed by atoms with Crippen LogP contribution >= 0.6 is 0 Å². The Morgan fingerprint density at radius 3 is 2.18 bits per heavy atom. The molecule has 0 fully saturated rings. The fourth-order valence-corrected chi connectivity index (χ4v) is 0.375. The summed E-state index contributed by atoms with van der Waals surface area (Å²) in [6.07, 6.45) is 1.24. The van der Waals surface area contributed by atoms with E-state index in [2.05, 4.69) is 5.73 Å². The number of hydrogen-bond acceptors (Lipinski definition) is 5. The van der Waals surface area contributed by atoms with Crippen molar-refractivity contribution in [1.29, 1.82) is 5.26 Å². The maximum atomic E-state index is 10.2. The second kappa shape index (κ2) is 3.16. The molecule has 0 saturated carbocycles. The first-order chi connectivity index (χ1) is 4.87. The van der Waals surface area contributed by atoms with Gasteiger partial charge in [0, 0.05) is 0 Å². The number of hydrogen-bond donors (Lipinski definition) is 4. The second-order valence-electron chi connectivity index (χ2n) is 1.80. The largest absolute Gasteiger partial charge is 0.351 e. The van der Waals surface area contributed by atoms with Crippen LogP contribution in [0.3, 0.4) is 0 Å². The van der Waals surface area contributed by atoms with Crippen molar-refractivity contribution in [2.24, 2.45) is 5.73 Å². The van der Waals surface area contributed by atoms with Crippen molar-refractivity contribution in [3.63, 3.8) is 0 Å². The first kappa shape index (κ1) is 9.64. The Bertz CT molecular complexity index is 190. The highest BCUT2D eigenvalue weighted by molar-refractivity contribution is 5.73. The van der Waals surface area contributed by atoms with Crippen LogP contribution in [-0.2, 0) is 0 Å². The number of carbonyl (C=O) groups excluding carboxylic acids is 1. The van der Waals surface area contributed by atoms with E-state index in [1.54, 1.807) is 0 Å². The lowest BCUT2D eigenvalue weighted by Crippen LogP contribution is -2.45. The van der Waals surface area contributed by atoms with Crippen LogP contribution in [0.1, 0.15) is 0 Å². The summed E-state index contributed by atoms with van der Waals surface area (Å²) < 4.78 is 0. The Morgan fingerprint density at radius 2 is 2.09 bits per heavy atom. The van der Waals surface area contributed by atoms with Gasteiger partial charge < -0.3 is 21.1 Å². The van der Waals surface area contributed by atoms with Gasteiger partial charge in [-0.05, 0) is 0 Å². The van der Waals surface area contributed by atoms with Crippen LogP contribution in [0.2, 0.25) is 0 Å². The molecule has 0 heterocycles. The molecule has 0 rings (SSSR count). The van der Waals surface area contributed by atoms with Crippen molar-refractivity contribution in [3.8, 4) is 6.19 Å². The van der Waals surface area contributed by atoms with E-state index in [1.807, 2.05) is 0 Å². The standard InChI is InChI=1S/C4H7N3O4/c5-2-7(3(6)8)1-4(9,10)11/h9-11H,1H2,(H2,6,8). The van der Waals surface area contributed by atoms with Crippen LogP contribution in [-0.4, -0.2) is 38.8 Å². The third kappa shape index (κ3) is 4.10. The lowest BCUT2D eigenvalue weighted by molar-refractivity contribution is -0.311. The van der Waals surface area contributed by atoms with Crippen molar-refractivity contribution in [1.82, 2.24) is 4.90 Å². The van der Waals surface area contributed by atoms with Gasteiger partial charge in [-0.15, -0.1) is 0 Å². The molecule has 0 radical (unpaired) electrons. The summed E-state index contributed by atoms with van der Waals surface area (Å²) in [6.45, 7) is -0.973. The molecule has 2 amide bonds. The Morgan fingerprint density at radius 1 is 1.64 bits per heavy atom. The molecule has 0 spiro atoms. The summed E-state index contributed by atoms with van der Waals surface area (Å²) in [4.78, 5) is 10.4.